The van der Waals surface area contributed by atoms with Crippen molar-refractivity contribution in [3.05, 3.63) is 0 Å². The Balaban J connectivity index is 0.000000291. The lowest BCUT2D eigenvalue weighted by atomic mass is 10.3. The zero-order valence-corrected chi connectivity index (χ0v) is 6.70. The van der Waals surface area contributed by atoms with Gasteiger partial charge in [0.1, 0.15) is 0 Å². The van der Waals surface area contributed by atoms with E-state index in [1.54, 1.807) is 0 Å². The van der Waals surface area contributed by atoms with Gasteiger partial charge in [-0.1, -0.05) is 13.8 Å². The van der Waals surface area contributed by atoms with Gasteiger partial charge in [0.15, 0.2) is 0 Å². The van der Waals surface area contributed by atoms with Gasteiger partial charge in [0, 0.05) is 25.7 Å². The minimum Gasteiger partial charge on any atom is -0.314 e. The largest absolute Gasteiger partial charge is 0.314 e. The van der Waals surface area contributed by atoms with Crippen LogP contribution in [-0.2, 0) is 0 Å². The van der Waals surface area contributed by atoms with Gasteiger partial charge in [0.05, 0.1) is 0 Å². The highest BCUT2D eigenvalue weighted by molar-refractivity contribution is 4.69. The molecular formula is C7H18N2. The molecule has 0 aromatic heterocycles. The molecule has 0 aromatic rings. The fourth-order valence-electron chi connectivity index (χ4n) is 0.798. The highest BCUT2D eigenvalue weighted by Crippen LogP contribution is 1.80. The number of hydrogen-bond donors (Lipinski definition) is 2. The maximum Gasteiger partial charge on any atom is 0.0164 e. The molecule has 1 fully saturated rings. The van der Waals surface area contributed by atoms with Crippen LogP contribution in [0.2, 0.25) is 0 Å². The van der Waals surface area contributed by atoms with E-state index in [0.717, 1.165) is 19.6 Å². The molecule has 1 atom stereocenters. The minimum atomic E-state index is 0.675. The molecule has 1 heterocycles. The number of rotatable bonds is 0. The van der Waals surface area contributed by atoms with E-state index in [1.807, 2.05) is 13.8 Å². The smallest absolute Gasteiger partial charge is 0.0164 e. The van der Waals surface area contributed by atoms with Crippen LogP contribution in [0.3, 0.4) is 0 Å². The molecule has 1 aliphatic rings. The Kier molecular flexibility index (Phi) is 5.99. The molecule has 9 heavy (non-hydrogen) atoms. The van der Waals surface area contributed by atoms with E-state index in [1.165, 1.54) is 0 Å². The first-order valence-corrected chi connectivity index (χ1v) is 3.83. The Morgan fingerprint density at radius 3 is 2.11 bits per heavy atom. The zero-order valence-electron chi connectivity index (χ0n) is 6.70. The lowest BCUT2D eigenvalue weighted by Crippen LogP contribution is -2.46. The SMILES string of the molecule is CC.C[C@H]1CNCCN1. The molecule has 0 saturated carbocycles. The van der Waals surface area contributed by atoms with Gasteiger partial charge in [0.25, 0.3) is 0 Å². The van der Waals surface area contributed by atoms with Crippen LogP contribution in [0.25, 0.3) is 0 Å². The van der Waals surface area contributed by atoms with Gasteiger partial charge in [0.2, 0.25) is 0 Å². The van der Waals surface area contributed by atoms with Gasteiger partial charge >= 0.3 is 0 Å². The van der Waals surface area contributed by atoms with Crippen molar-refractivity contribution in [1.82, 2.24) is 10.6 Å². The third-order valence-electron chi connectivity index (χ3n) is 1.25. The molecule has 0 amide bonds. The summed E-state index contributed by atoms with van der Waals surface area (Å²) in [4.78, 5) is 0. The van der Waals surface area contributed by atoms with Gasteiger partial charge in [-0.25, -0.2) is 0 Å². The highest BCUT2D eigenvalue weighted by Gasteiger charge is 2.03. The monoisotopic (exact) mass is 130 g/mol. The second kappa shape index (κ2) is 6.05. The van der Waals surface area contributed by atoms with E-state index in [4.69, 9.17) is 0 Å². The summed E-state index contributed by atoms with van der Waals surface area (Å²) in [7, 11) is 0. The summed E-state index contributed by atoms with van der Waals surface area (Å²) in [6, 6.07) is 0.675. The molecule has 1 rings (SSSR count). The predicted octanol–water partition coefficient (Wildman–Crippen LogP) is 0.594. The molecule has 0 aromatic carbocycles. The Bertz CT molecular complexity index is 48.9. The van der Waals surface area contributed by atoms with Crippen molar-refractivity contribution in [2.75, 3.05) is 19.6 Å². The molecule has 2 nitrogen and oxygen atoms in total. The summed E-state index contributed by atoms with van der Waals surface area (Å²) >= 11 is 0. The van der Waals surface area contributed by atoms with E-state index >= 15 is 0 Å². The van der Waals surface area contributed by atoms with Crippen LogP contribution < -0.4 is 10.6 Å². The first kappa shape index (κ1) is 8.92. The average molecular weight is 130 g/mol. The predicted molar refractivity (Wildman–Crippen MR) is 41.7 cm³/mol. The third kappa shape index (κ3) is 4.43. The number of hydrogen-bond acceptors (Lipinski definition) is 2. The van der Waals surface area contributed by atoms with Gasteiger partial charge in [-0.05, 0) is 6.92 Å². The summed E-state index contributed by atoms with van der Waals surface area (Å²) < 4.78 is 0. The molecule has 1 saturated heterocycles. The Morgan fingerprint density at radius 2 is 1.89 bits per heavy atom. The molecule has 0 unspecified atom stereocenters. The Labute approximate surface area is 58.0 Å². The van der Waals surface area contributed by atoms with E-state index in [0.29, 0.717) is 6.04 Å². The lowest BCUT2D eigenvalue weighted by molar-refractivity contribution is 0.442. The van der Waals surface area contributed by atoms with Crippen molar-refractivity contribution in [1.29, 1.82) is 0 Å². The molecule has 0 radical (unpaired) electrons. The summed E-state index contributed by atoms with van der Waals surface area (Å²) in [5.41, 5.74) is 0. The van der Waals surface area contributed by atoms with Crippen molar-refractivity contribution < 1.29 is 0 Å². The Hall–Kier alpha value is -0.0800. The van der Waals surface area contributed by atoms with Crippen LogP contribution in [0.4, 0.5) is 0 Å². The summed E-state index contributed by atoms with van der Waals surface area (Å²) in [6.07, 6.45) is 0. The zero-order chi connectivity index (χ0) is 7.11. The molecule has 0 aliphatic carbocycles. The molecule has 0 bridgehead atoms. The van der Waals surface area contributed by atoms with Crippen LogP contribution in [0.15, 0.2) is 0 Å². The first-order valence-electron chi connectivity index (χ1n) is 3.83. The number of nitrogens with one attached hydrogen (secondary N) is 2. The molecule has 2 N–H and O–H groups in total. The summed E-state index contributed by atoms with van der Waals surface area (Å²) in [5, 5.41) is 6.59. The van der Waals surface area contributed by atoms with E-state index in [2.05, 4.69) is 17.6 Å². The summed E-state index contributed by atoms with van der Waals surface area (Å²) in [5.74, 6) is 0. The van der Waals surface area contributed by atoms with Crippen molar-refractivity contribution in [2.45, 2.75) is 26.8 Å². The van der Waals surface area contributed by atoms with Crippen molar-refractivity contribution in [3.63, 3.8) is 0 Å². The standard InChI is InChI=1S/C5H12N2.C2H6/c1-5-4-6-2-3-7-5;1-2/h5-7H,2-4H2,1H3;1-2H3/t5-;/m0./s1. The summed E-state index contributed by atoms with van der Waals surface area (Å²) in [6.45, 7) is 9.57. The molecule has 1 aliphatic heterocycles. The van der Waals surface area contributed by atoms with Crippen LogP contribution in [-0.4, -0.2) is 25.7 Å². The van der Waals surface area contributed by atoms with Gasteiger partial charge < -0.3 is 10.6 Å². The van der Waals surface area contributed by atoms with E-state index in [9.17, 15) is 0 Å². The maximum absolute atomic E-state index is 3.32. The molecule has 56 valence electrons. The fraction of sp³-hybridized carbons (Fsp3) is 1.00. The van der Waals surface area contributed by atoms with Gasteiger partial charge in [-0.15, -0.1) is 0 Å². The topological polar surface area (TPSA) is 24.1 Å². The van der Waals surface area contributed by atoms with Crippen LogP contribution in [0.1, 0.15) is 20.8 Å². The number of piperazine rings is 1. The van der Waals surface area contributed by atoms with Crippen molar-refractivity contribution >= 4 is 0 Å². The molecular weight excluding hydrogens is 112 g/mol. The second-order valence-electron chi connectivity index (χ2n) is 2.06. The van der Waals surface area contributed by atoms with Crippen molar-refractivity contribution in [3.8, 4) is 0 Å². The van der Waals surface area contributed by atoms with E-state index < -0.39 is 0 Å². The van der Waals surface area contributed by atoms with Crippen molar-refractivity contribution in [2.24, 2.45) is 0 Å². The van der Waals surface area contributed by atoms with Gasteiger partial charge in [-0.3, -0.25) is 0 Å². The first-order chi connectivity index (χ1) is 4.39. The van der Waals surface area contributed by atoms with Gasteiger partial charge in [-0.2, -0.15) is 0 Å². The van der Waals surface area contributed by atoms with Crippen LogP contribution >= 0.6 is 0 Å². The highest BCUT2D eigenvalue weighted by atomic mass is 15.0. The van der Waals surface area contributed by atoms with Crippen LogP contribution in [0, 0.1) is 0 Å². The Morgan fingerprint density at radius 1 is 1.22 bits per heavy atom. The fourth-order valence-corrected chi connectivity index (χ4v) is 0.798. The molecule has 0 spiro atoms. The molecule has 2 heteroatoms. The van der Waals surface area contributed by atoms with Crippen LogP contribution in [0.5, 0.6) is 0 Å². The minimum absolute atomic E-state index is 0.675. The van der Waals surface area contributed by atoms with E-state index in [-0.39, 0.29) is 0 Å². The second-order valence-corrected chi connectivity index (χ2v) is 2.06. The quantitative estimate of drug-likeness (QED) is 0.501. The lowest BCUT2D eigenvalue weighted by Gasteiger charge is -2.19. The normalized spacial score (nSPS) is 26.3. The third-order valence-corrected chi connectivity index (χ3v) is 1.25. The maximum atomic E-state index is 3.32. The average Bonchev–Trinajstić information content (AvgIpc) is 1.94.